The Morgan fingerprint density at radius 2 is 1.76 bits per heavy atom. The van der Waals surface area contributed by atoms with Crippen LogP contribution in [0.25, 0.3) is 10.4 Å². The first-order chi connectivity index (χ1) is 20.1. The van der Waals surface area contributed by atoms with Gasteiger partial charge in [-0.15, -0.1) is 0 Å². The molecule has 0 spiro atoms. The van der Waals surface area contributed by atoms with Gasteiger partial charge < -0.3 is 19.5 Å². The summed E-state index contributed by atoms with van der Waals surface area (Å²) in [6.07, 6.45) is 18.3. The molecule has 2 atom stereocenters. The van der Waals surface area contributed by atoms with Gasteiger partial charge in [0.2, 0.25) is 0 Å². The van der Waals surface area contributed by atoms with Crippen molar-refractivity contribution in [3.8, 4) is 0 Å². The number of nitrogens with zero attached hydrogens (tertiary/aromatic N) is 5. The number of rotatable bonds is 11. The van der Waals surface area contributed by atoms with Crippen molar-refractivity contribution >= 4 is 11.8 Å². The molecule has 2 aliphatic heterocycles. The second-order valence-corrected chi connectivity index (χ2v) is 13.1. The molecule has 0 unspecified atom stereocenters. The summed E-state index contributed by atoms with van der Waals surface area (Å²) in [6.45, 7) is 2.73. The first-order valence-corrected chi connectivity index (χ1v) is 16.6. The van der Waals surface area contributed by atoms with Gasteiger partial charge in [0.25, 0.3) is 5.91 Å². The highest BCUT2D eigenvalue weighted by Gasteiger charge is 2.57. The lowest BCUT2D eigenvalue weighted by molar-refractivity contribution is -0.141. The maximum atomic E-state index is 14.8. The number of amides is 1. The monoisotopic (exact) mass is 569 g/mol. The molecule has 0 bridgehead atoms. The van der Waals surface area contributed by atoms with Gasteiger partial charge in [-0.25, -0.2) is 4.99 Å². The maximum Gasteiger partial charge on any atom is 0.254 e. The van der Waals surface area contributed by atoms with E-state index in [1.54, 1.807) is 0 Å². The van der Waals surface area contributed by atoms with Crippen LogP contribution in [-0.4, -0.2) is 72.4 Å². The normalized spacial score (nSPS) is 31.4. The van der Waals surface area contributed by atoms with E-state index in [1.165, 1.54) is 31.3 Å². The molecule has 0 aromatic carbocycles. The van der Waals surface area contributed by atoms with E-state index in [0.29, 0.717) is 25.5 Å². The number of aliphatic imine (C=N–C) groups is 1. The van der Waals surface area contributed by atoms with Gasteiger partial charge in [-0.05, 0) is 100 Å². The van der Waals surface area contributed by atoms with Gasteiger partial charge in [0.05, 0.1) is 6.10 Å². The summed E-state index contributed by atoms with van der Waals surface area (Å²) in [5.74, 6) is 1.63. The van der Waals surface area contributed by atoms with Crippen molar-refractivity contribution < 1.29 is 19.4 Å². The molecular weight excluding hydrogens is 518 g/mol. The molecule has 9 nitrogen and oxygen atoms in total. The van der Waals surface area contributed by atoms with Crippen molar-refractivity contribution in [3.05, 3.63) is 21.6 Å². The molecule has 2 heterocycles. The maximum absolute atomic E-state index is 14.8. The third-order valence-corrected chi connectivity index (χ3v) is 10.3. The van der Waals surface area contributed by atoms with Crippen LogP contribution in [0.1, 0.15) is 116 Å². The fourth-order valence-electron chi connectivity index (χ4n) is 8.05. The SMILES string of the molecule is [N-]=[N+]=NCC1=C([C@H]2OC(C3CCC(OCCCO)CC3)=N[C@@]2(CC2CCCCC2)C(=O)N2CCCCC2)CCCC1. The minimum absolute atomic E-state index is 0.160. The van der Waals surface area contributed by atoms with Crippen LogP contribution in [0.15, 0.2) is 21.3 Å². The Bertz CT molecular complexity index is 988. The number of hydrogen-bond acceptors (Lipinski definition) is 6. The molecule has 0 aromatic heterocycles. The van der Waals surface area contributed by atoms with Crippen LogP contribution in [-0.2, 0) is 14.3 Å². The summed E-state index contributed by atoms with van der Waals surface area (Å²) in [7, 11) is 0. The molecule has 0 aromatic rings. The zero-order valence-corrected chi connectivity index (χ0v) is 25.0. The molecule has 5 aliphatic rings. The summed E-state index contributed by atoms with van der Waals surface area (Å²) < 4.78 is 13.0. The fraction of sp³-hybridized carbons (Fsp3) is 0.875. The van der Waals surface area contributed by atoms with Crippen LogP contribution in [0.5, 0.6) is 0 Å². The van der Waals surface area contributed by atoms with Crippen molar-refractivity contribution in [2.45, 2.75) is 133 Å². The lowest BCUT2D eigenvalue weighted by Crippen LogP contribution is -2.56. The van der Waals surface area contributed by atoms with Gasteiger partial charge in [0.15, 0.2) is 17.5 Å². The van der Waals surface area contributed by atoms with Crippen LogP contribution in [0.3, 0.4) is 0 Å². The fourth-order valence-corrected chi connectivity index (χ4v) is 8.05. The van der Waals surface area contributed by atoms with E-state index < -0.39 is 11.6 Å². The van der Waals surface area contributed by atoms with Gasteiger partial charge in [-0.1, -0.05) is 42.8 Å². The van der Waals surface area contributed by atoms with Crippen molar-refractivity contribution in [2.75, 3.05) is 32.8 Å². The zero-order chi connectivity index (χ0) is 28.5. The first kappa shape index (κ1) is 30.4. The third-order valence-electron chi connectivity index (χ3n) is 10.3. The highest BCUT2D eigenvalue weighted by molar-refractivity contribution is 5.95. The van der Waals surface area contributed by atoms with E-state index in [9.17, 15) is 4.79 Å². The quantitative estimate of drug-likeness (QED) is 0.0985. The molecule has 2 saturated carbocycles. The molecular formula is C32H51N5O4. The molecule has 1 saturated heterocycles. The number of carbonyl (C=O) groups is 1. The van der Waals surface area contributed by atoms with E-state index in [1.807, 2.05) is 0 Å². The molecule has 3 fully saturated rings. The predicted octanol–water partition coefficient (Wildman–Crippen LogP) is 6.64. The summed E-state index contributed by atoms with van der Waals surface area (Å²) in [4.78, 5) is 25.4. The summed E-state index contributed by atoms with van der Waals surface area (Å²) >= 11 is 0. The second-order valence-electron chi connectivity index (χ2n) is 13.1. The number of aliphatic hydroxyl groups is 1. The van der Waals surface area contributed by atoms with Crippen molar-refractivity contribution in [3.63, 3.8) is 0 Å². The Hall–Kier alpha value is -2.09. The van der Waals surface area contributed by atoms with Crippen molar-refractivity contribution in [1.82, 2.24) is 4.90 Å². The molecule has 1 N–H and O–H groups in total. The molecule has 0 radical (unpaired) electrons. The largest absolute Gasteiger partial charge is 0.470 e. The summed E-state index contributed by atoms with van der Waals surface area (Å²) in [5, 5.41) is 13.1. The highest BCUT2D eigenvalue weighted by Crippen LogP contribution is 2.47. The number of piperidine rings is 1. The van der Waals surface area contributed by atoms with Crippen LogP contribution in [0.2, 0.25) is 0 Å². The standard InChI is InChI=1S/C32H51N5O4/c33-36-34-23-26-12-5-6-13-28(26)29-32(22-24-10-3-1-4-11-24,31(39)37-18-7-2-8-19-37)35-30(41-29)25-14-16-27(17-15-25)40-21-9-20-38/h24-25,27,29,38H,1-23H2/t25?,27?,29-,32-/m1/s1. The Morgan fingerprint density at radius 1 is 1.02 bits per heavy atom. The summed E-state index contributed by atoms with van der Waals surface area (Å²) in [6, 6.07) is 0. The number of azide groups is 1. The molecule has 1 amide bonds. The van der Waals surface area contributed by atoms with Crippen molar-refractivity contribution in [1.29, 1.82) is 0 Å². The Labute approximate surface area is 245 Å². The van der Waals surface area contributed by atoms with E-state index >= 15 is 0 Å². The number of aliphatic hydroxyl groups excluding tert-OH is 1. The van der Waals surface area contributed by atoms with Crippen LogP contribution in [0.4, 0.5) is 0 Å². The third kappa shape index (κ3) is 7.29. The van der Waals surface area contributed by atoms with Gasteiger partial charge >= 0.3 is 0 Å². The molecule has 5 rings (SSSR count). The van der Waals surface area contributed by atoms with Crippen LogP contribution < -0.4 is 0 Å². The van der Waals surface area contributed by atoms with Crippen LogP contribution >= 0.6 is 0 Å². The van der Waals surface area contributed by atoms with E-state index in [0.717, 1.165) is 108 Å². The molecule has 3 aliphatic carbocycles. The average Bonchev–Trinajstić information content (AvgIpc) is 3.41. The van der Waals surface area contributed by atoms with Gasteiger partial charge in [-0.2, -0.15) is 0 Å². The number of carbonyl (C=O) groups excluding carboxylic acids is 1. The van der Waals surface area contributed by atoms with E-state index in [2.05, 4.69) is 14.9 Å². The Morgan fingerprint density at radius 3 is 2.49 bits per heavy atom. The van der Waals surface area contributed by atoms with E-state index in [4.69, 9.17) is 25.1 Å². The van der Waals surface area contributed by atoms with Crippen molar-refractivity contribution in [2.24, 2.45) is 21.9 Å². The molecule has 9 heteroatoms. The minimum Gasteiger partial charge on any atom is -0.470 e. The average molecular weight is 570 g/mol. The minimum atomic E-state index is -0.919. The zero-order valence-electron chi connectivity index (χ0n) is 25.0. The van der Waals surface area contributed by atoms with Gasteiger partial charge in [0, 0.05) is 43.7 Å². The second kappa shape index (κ2) is 14.9. The molecule has 41 heavy (non-hydrogen) atoms. The number of hydrogen-bond donors (Lipinski definition) is 1. The lowest BCUT2D eigenvalue weighted by atomic mass is 9.72. The number of ether oxygens (including phenoxy) is 2. The molecule has 228 valence electrons. The predicted molar refractivity (Wildman–Crippen MR) is 160 cm³/mol. The number of likely N-dealkylation sites (tertiary alicyclic amines) is 1. The van der Waals surface area contributed by atoms with Crippen LogP contribution in [0, 0.1) is 11.8 Å². The van der Waals surface area contributed by atoms with Gasteiger partial charge in [-0.3, -0.25) is 4.79 Å². The Kier molecular flexibility index (Phi) is 11.0. The van der Waals surface area contributed by atoms with Gasteiger partial charge in [0.1, 0.15) is 0 Å². The summed E-state index contributed by atoms with van der Waals surface area (Å²) in [5.41, 5.74) is 10.6. The lowest BCUT2D eigenvalue weighted by Gasteiger charge is -2.41. The smallest absolute Gasteiger partial charge is 0.254 e. The topological polar surface area (TPSA) is 120 Å². The highest BCUT2D eigenvalue weighted by atomic mass is 16.5. The Balaban J connectivity index is 1.48. The van der Waals surface area contributed by atoms with E-state index in [-0.39, 0.29) is 24.5 Å². The first-order valence-electron chi connectivity index (χ1n) is 16.6.